The number of fused-ring (bicyclic) bond motifs is 1. The summed E-state index contributed by atoms with van der Waals surface area (Å²) in [5.74, 6) is 0.950. The fraction of sp³-hybridized carbons (Fsp3) is 0.562. The fourth-order valence-corrected chi connectivity index (χ4v) is 2.60. The van der Waals surface area contributed by atoms with Crippen LogP contribution in [-0.4, -0.2) is 26.3 Å². The Bertz CT molecular complexity index is 482. The van der Waals surface area contributed by atoms with Crippen molar-refractivity contribution in [3.05, 3.63) is 23.3 Å². The molecule has 1 aliphatic heterocycles. The smallest absolute Gasteiger partial charge is 0.342 e. The van der Waals surface area contributed by atoms with E-state index in [1.54, 1.807) is 20.3 Å². The zero-order chi connectivity index (χ0) is 14.5. The lowest BCUT2D eigenvalue weighted by Crippen LogP contribution is -2.28. The molecule has 0 amide bonds. The summed E-state index contributed by atoms with van der Waals surface area (Å²) in [6.45, 7) is 2.16. The monoisotopic (exact) mass is 278 g/mol. The van der Waals surface area contributed by atoms with Gasteiger partial charge in [-0.25, -0.2) is 4.79 Å². The van der Waals surface area contributed by atoms with Crippen molar-refractivity contribution in [2.24, 2.45) is 0 Å². The number of hydrogen-bond acceptors (Lipinski definition) is 4. The van der Waals surface area contributed by atoms with Crippen LogP contribution in [0.25, 0.3) is 0 Å². The van der Waals surface area contributed by atoms with Crippen molar-refractivity contribution >= 4 is 5.97 Å². The first-order valence-electron chi connectivity index (χ1n) is 7.15. The molecule has 0 N–H and O–H groups in total. The number of methoxy groups -OCH3 is 2. The van der Waals surface area contributed by atoms with E-state index in [4.69, 9.17) is 14.2 Å². The molecule has 1 atom stereocenters. The number of unbranched alkanes of at least 4 members (excludes halogenated alkanes) is 2. The number of esters is 1. The Morgan fingerprint density at radius 2 is 2.05 bits per heavy atom. The van der Waals surface area contributed by atoms with E-state index in [0.29, 0.717) is 17.1 Å². The van der Waals surface area contributed by atoms with Crippen LogP contribution in [0.3, 0.4) is 0 Å². The number of rotatable bonds is 6. The van der Waals surface area contributed by atoms with Gasteiger partial charge in [-0.2, -0.15) is 0 Å². The summed E-state index contributed by atoms with van der Waals surface area (Å²) in [4.78, 5) is 12.2. The molecule has 2 rings (SSSR count). The van der Waals surface area contributed by atoms with Crippen molar-refractivity contribution in [2.45, 2.75) is 45.1 Å². The molecule has 20 heavy (non-hydrogen) atoms. The summed E-state index contributed by atoms with van der Waals surface area (Å²) < 4.78 is 16.1. The first kappa shape index (κ1) is 14.7. The van der Waals surface area contributed by atoms with Crippen LogP contribution in [0, 0.1) is 0 Å². The van der Waals surface area contributed by atoms with Gasteiger partial charge in [0.2, 0.25) is 0 Å². The molecular weight excluding hydrogens is 256 g/mol. The van der Waals surface area contributed by atoms with Crippen LogP contribution in [0.2, 0.25) is 0 Å². The quantitative estimate of drug-likeness (QED) is 0.591. The SMILES string of the molecule is CCCCCC1Cc2cc(OC)cc(OC)c2C(=O)O1. The van der Waals surface area contributed by atoms with E-state index in [1.165, 1.54) is 12.8 Å². The highest BCUT2D eigenvalue weighted by Crippen LogP contribution is 2.34. The van der Waals surface area contributed by atoms with Crippen LogP contribution < -0.4 is 9.47 Å². The van der Waals surface area contributed by atoms with E-state index in [1.807, 2.05) is 6.07 Å². The second-order valence-corrected chi connectivity index (χ2v) is 5.09. The van der Waals surface area contributed by atoms with E-state index < -0.39 is 0 Å². The Morgan fingerprint density at radius 1 is 1.25 bits per heavy atom. The summed E-state index contributed by atoms with van der Waals surface area (Å²) in [7, 11) is 3.16. The Kier molecular flexibility index (Phi) is 4.88. The molecule has 0 spiro atoms. The minimum Gasteiger partial charge on any atom is -0.497 e. The van der Waals surface area contributed by atoms with E-state index >= 15 is 0 Å². The molecule has 1 aliphatic rings. The highest BCUT2D eigenvalue weighted by atomic mass is 16.5. The third-order valence-electron chi connectivity index (χ3n) is 3.67. The zero-order valence-corrected chi connectivity index (χ0v) is 12.4. The van der Waals surface area contributed by atoms with Crippen LogP contribution in [0.1, 0.15) is 48.5 Å². The normalized spacial score (nSPS) is 17.4. The van der Waals surface area contributed by atoms with Crippen LogP contribution in [0.4, 0.5) is 0 Å². The number of cyclic esters (lactones) is 1. The summed E-state index contributed by atoms with van der Waals surface area (Å²) in [6.07, 6.45) is 5.04. The van der Waals surface area contributed by atoms with Gasteiger partial charge >= 0.3 is 5.97 Å². The van der Waals surface area contributed by atoms with Crippen LogP contribution in [0.5, 0.6) is 11.5 Å². The van der Waals surface area contributed by atoms with Crippen molar-refractivity contribution in [3.8, 4) is 11.5 Å². The highest BCUT2D eigenvalue weighted by Gasteiger charge is 2.29. The van der Waals surface area contributed by atoms with Crippen molar-refractivity contribution in [1.29, 1.82) is 0 Å². The van der Waals surface area contributed by atoms with Gasteiger partial charge in [-0.1, -0.05) is 19.8 Å². The summed E-state index contributed by atoms with van der Waals surface area (Å²) in [5.41, 5.74) is 1.50. The third kappa shape index (κ3) is 3.06. The van der Waals surface area contributed by atoms with Gasteiger partial charge in [0, 0.05) is 12.5 Å². The van der Waals surface area contributed by atoms with Crippen LogP contribution in [-0.2, 0) is 11.2 Å². The largest absolute Gasteiger partial charge is 0.497 e. The van der Waals surface area contributed by atoms with Gasteiger partial charge in [-0.15, -0.1) is 0 Å². The molecule has 4 heteroatoms. The molecule has 0 aromatic heterocycles. The average Bonchev–Trinajstić information content (AvgIpc) is 2.46. The summed E-state index contributed by atoms with van der Waals surface area (Å²) >= 11 is 0. The van der Waals surface area contributed by atoms with Gasteiger partial charge in [-0.05, 0) is 24.5 Å². The lowest BCUT2D eigenvalue weighted by Gasteiger charge is -2.26. The molecule has 4 nitrogen and oxygen atoms in total. The van der Waals surface area contributed by atoms with Crippen molar-refractivity contribution < 1.29 is 19.0 Å². The maximum atomic E-state index is 12.2. The molecule has 0 aliphatic carbocycles. The van der Waals surface area contributed by atoms with E-state index in [0.717, 1.165) is 24.8 Å². The maximum absolute atomic E-state index is 12.2. The molecule has 0 fully saturated rings. The molecule has 110 valence electrons. The van der Waals surface area contributed by atoms with Gasteiger partial charge < -0.3 is 14.2 Å². The van der Waals surface area contributed by atoms with Crippen LogP contribution >= 0.6 is 0 Å². The van der Waals surface area contributed by atoms with E-state index in [-0.39, 0.29) is 12.1 Å². The Balaban J connectivity index is 2.22. The molecule has 0 saturated carbocycles. The number of carbonyl (C=O) groups excluding carboxylic acids is 1. The van der Waals surface area contributed by atoms with Gasteiger partial charge in [0.05, 0.1) is 14.2 Å². The van der Waals surface area contributed by atoms with Gasteiger partial charge in [0.1, 0.15) is 23.2 Å². The number of ether oxygens (including phenoxy) is 3. The maximum Gasteiger partial charge on any atom is 0.342 e. The lowest BCUT2D eigenvalue weighted by atomic mass is 9.94. The lowest BCUT2D eigenvalue weighted by molar-refractivity contribution is 0.0227. The molecule has 1 heterocycles. The second kappa shape index (κ2) is 6.64. The first-order valence-corrected chi connectivity index (χ1v) is 7.15. The van der Waals surface area contributed by atoms with Gasteiger partial charge in [0.25, 0.3) is 0 Å². The van der Waals surface area contributed by atoms with Crippen LogP contribution in [0.15, 0.2) is 12.1 Å². The Morgan fingerprint density at radius 3 is 2.70 bits per heavy atom. The molecule has 0 bridgehead atoms. The summed E-state index contributed by atoms with van der Waals surface area (Å²) in [6, 6.07) is 3.63. The third-order valence-corrected chi connectivity index (χ3v) is 3.67. The van der Waals surface area contributed by atoms with E-state index in [9.17, 15) is 4.79 Å². The molecule has 1 aromatic carbocycles. The predicted molar refractivity (Wildman–Crippen MR) is 76.6 cm³/mol. The highest BCUT2D eigenvalue weighted by molar-refractivity contribution is 5.95. The minimum absolute atomic E-state index is 0.0293. The van der Waals surface area contributed by atoms with Gasteiger partial charge in [0.15, 0.2) is 0 Å². The molecule has 0 radical (unpaired) electrons. The Labute approximate surface area is 120 Å². The standard InChI is InChI=1S/C16H22O4/c1-4-5-6-7-12-8-11-9-13(18-2)10-14(19-3)15(11)16(17)20-12/h9-10,12H,4-8H2,1-3H3. The molecular formula is C16H22O4. The van der Waals surface area contributed by atoms with Crippen molar-refractivity contribution in [1.82, 2.24) is 0 Å². The molecule has 0 saturated heterocycles. The average molecular weight is 278 g/mol. The van der Waals surface area contributed by atoms with Crippen molar-refractivity contribution in [2.75, 3.05) is 14.2 Å². The second-order valence-electron chi connectivity index (χ2n) is 5.09. The summed E-state index contributed by atoms with van der Waals surface area (Å²) in [5, 5.41) is 0. The molecule has 1 aromatic rings. The number of benzene rings is 1. The zero-order valence-electron chi connectivity index (χ0n) is 12.4. The topological polar surface area (TPSA) is 44.8 Å². The van der Waals surface area contributed by atoms with Gasteiger partial charge in [-0.3, -0.25) is 0 Å². The van der Waals surface area contributed by atoms with Crippen molar-refractivity contribution in [3.63, 3.8) is 0 Å². The fourth-order valence-electron chi connectivity index (χ4n) is 2.60. The predicted octanol–water partition coefficient (Wildman–Crippen LogP) is 3.37. The number of hydrogen-bond donors (Lipinski definition) is 0. The number of carbonyl (C=O) groups is 1. The Hall–Kier alpha value is -1.71. The molecule has 1 unspecified atom stereocenters. The minimum atomic E-state index is -0.285. The van der Waals surface area contributed by atoms with E-state index in [2.05, 4.69) is 6.92 Å². The first-order chi connectivity index (χ1) is 9.69.